The number of aromatic nitrogens is 2. The highest BCUT2D eigenvalue weighted by molar-refractivity contribution is 7.20. The quantitative estimate of drug-likeness (QED) is 0.281. The molecule has 0 spiro atoms. The lowest BCUT2D eigenvalue weighted by Gasteiger charge is -2.18. The van der Waals surface area contributed by atoms with Crippen molar-refractivity contribution < 1.29 is 19.1 Å². The standard InChI is InChI=1S/C28H23N3O4S/c1-18-23-17-24(36-27(23)31(30-18)21-13-7-4-8-14-21)28(33)35-25(19-10-5-3-6-11-19)26(32)29-20-12-9-15-22(16-20)34-2/h3-17,25H,1-2H3,(H,29,32). The zero-order valence-corrected chi connectivity index (χ0v) is 20.5. The van der Waals surface area contributed by atoms with Crippen molar-refractivity contribution in [1.29, 1.82) is 0 Å². The number of thiophene rings is 1. The van der Waals surface area contributed by atoms with E-state index in [-0.39, 0.29) is 0 Å². The van der Waals surface area contributed by atoms with Crippen molar-refractivity contribution in [2.75, 3.05) is 12.4 Å². The SMILES string of the molecule is COc1cccc(NC(=O)C(OC(=O)c2cc3c(C)nn(-c4ccccc4)c3s2)c2ccccc2)c1. The Morgan fingerprint density at radius 3 is 2.39 bits per heavy atom. The maximum Gasteiger partial charge on any atom is 0.349 e. The van der Waals surface area contributed by atoms with Gasteiger partial charge in [0.05, 0.1) is 18.5 Å². The average molecular weight is 498 g/mol. The van der Waals surface area contributed by atoms with Gasteiger partial charge in [0.2, 0.25) is 6.10 Å². The Bertz CT molecular complexity index is 1530. The minimum atomic E-state index is -1.14. The van der Waals surface area contributed by atoms with E-state index in [0.717, 1.165) is 21.6 Å². The van der Waals surface area contributed by atoms with Crippen LogP contribution >= 0.6 is 11.3 Å². The van der Waals surface area contributed by atoms with Crippen LogP contribution in [0.3, 0.4) is 0 Å². The van der Waals surface area contributed by atoms with E-state index in [1.807, 2.05) is 48.0 Å². The molecule has 5 rings (SSSR count). The minimum absolute atomic E-state index is 0.394. The molecule has 1 amide bonds. The molecule has 36 heavy (non-hydrogen) atoms. The number of hydrogen-bond acceptors (Lipinski definition) is 6. The first-order valence-corrected chi connectivity index (χ1v) is 12.1. The molecule has 3 aromatic carbocycles. The largest absolute Gasteiger partial charge is 0.497 e. The number of aryl methyl sites for hydroxylation is 1. The molecule has 1 N–H and O–H groups in total. The van der Waals surface area contributed by atoms with Crippen LogP contribution in [0, 0.1) is 6.92 Å². The number of rotatable bonds is 7. The molecule has 0 radical (unpaired) electrons. The van der Waals surface area contributed by atoms with Gasteiger partial charge in [0.25, 0.3) is 5.91 Å². The number of benzene rings is 3. The van der Waals surface area contributed by atoms with E-state index >= 15 is 0 Å². The highest BCUT2D eigenvalue weighted by Crippen LogP contribution is 2.32. The zero-order chi connectivity index (χ0) is 25.1. The molecule has 7 nitrogen and oxygen atoms in total. The van der Waals surface area contributed by atoms with Crippen LogP contribution in [0.15, 0.2) is 91.0 Å². The summed E-state index contributed by atoms with van der Waals surface area (Å²) in [6.07, 6.45) is -1.14. The summed E-state index contributed by atoms with van der Waals surface area (Å²) < 4.78 is 12.8. The van der Waals surface area contributed by atoms with Crippen molar-refractivity contribution >= 4 is 39.1 Å². The average Bonchev–Trinajstić information content (AvgIpc) is 3.49. The maximum absolute atomic E-state index is 13.3. The number of esters is 1. The molecule has 2 heterocycles. The van der Waals surface area contributed by atoms with Gasteiger partial charge in [0, 0.05) is 22.7 Å². The molecule has 180 valence electrons. The molecule has 1 atom stereocenters. The molecular weight excluding hydrogens is 474 g/mol. The number of carbonyl (C=O) groups is 2. The maximum atomic E-state index is 13.3. The molecule has 0 aliphatic heterocycles. The third-order valence-corrected chi connectivity index (χ3v) is 6.74. The molecule has 0 aliphatic carbocycles. The van der Waals surface area contributed by atoms with Gasteiger partial charge < -0.3 is 14.8 Å². The van der Waals surface area contributed by atoms with Gasteiger partial charge in [-0.25, -0.2) is 9.48 Å². The number of methoxy groups -OCH3 is 1. The second-order valence-corrected chi connectivity index (χ2v) is 9.11. The topological polar surface area (TPSA) is 82.4 Å². The molecular formula is C28H23N3O4S. The van der Waals surface area contributed by atoms with Crippen LogP contribution in [0.4, 0.5) is 5.69 Å². The van der Waals surface area contributed by atoms with E-state index in [4.69, 9.17) is 9.47 Å². The summed E-state index contributed by atoms with van der Waals surface area (Å²) in [6.45, 7) is 1.90. The van der Waals surface area contributed by atoms with Crippen molar-refractivity contribution in [2.24, 2.45) is 0 Å². The van der Waals surface area contributed by atoms with Gasteiger partial charge in [-0.05, 0) is 37.3 Å². The van der Waals surface area contributed by atoms with Gasteiger partial charge in [-0.15, -0.1) is 11.3 Å². The number of fused-ring (bicyclic) bond motifs is 1. The van der Waals surface area contributed by atoms with Crippen molar-refractivity contribution in [2.45, 2.75) is 13.0 Å². The van der Waals surface area contributed by atoms with Crippen LogP contribution in [0.2, 0.25) is 0 Å². The first-order valence-electron chi connectivity index (χ1n) is 11.3. The predicted octanol–water partition coefficient (Wildman–Crippen LogP) is 5.94. The zero-order valence-electron chi connectivity index (χ0n) is 19.7. The van der Waals surface area contributed by atoms with E-state index in [0.29, 0.717) is 21.9 Å². The van der Waals surface area contributed by atoms with E-state index in [2.05, 4.69) is 10.4 Å². The predicted molar refractivity (Wildman–Crippen MR) is 140 cm³/mol. The molecule has 0 saturated heterocycles. The van der Waals surface area contributed by atoms with E-state index in [9.17, 15) is 9.59 Å². The Morgan fingerprint density at radius 1 is 0.944 bits per heavy atom. The Balaban J connectivity index is 1.44. The van der Waals surface area contributed by atoms with Gasteiger partial charge in [-0.3, -0.25) is 4.79 Å². The second-order valence-electron chi connectivity index (χ2n) is 8.08. The molecule has 2 aromatic heterocycles. The van der Waals surface area contributed by atoms with Crippen LogP contribution in [0.5, 0.6) is 5.75 Å². The Kier molecular flexibility index (Phi) is 6.51. The van der Waals surface area contributed by atoms with Gasteiger partial charge in [0.15, 0.2) is 0 Å². The molecule has 5 aromatic rings. The molecule has 0 saturated carbocycles. The number of para-hydroxylation sites is 1. The van der Waals surface area contributed by atoms with Gasteiger partial charge >= 0.3 is 5.97 Å². The Morgan fingerprint density at radius 2 is 1.67 bits per heavy atom. The fourth-order valence-corrected chi connectivity index (χ4v) is 4.93. The van der Waals surface area contributed by atoms with Crippen molar-refractivity contribution in [1.82, 2.24) is 9.78 Å². The van der Waals surface area contributed by atoms with Crippen LogP contribution in [-0.2, 0) is 9.53 Å². The Labute approximate surface area is 211 Å². The third kappa shape index (κ3) is 4.71. The number of nitrogens with one attached hydrogen (secondary N) is 1. The van der Waals surface area contributed by atoms with Crippen LogP contribution in [0.25, 0.3) is 15.9 Å². The third-order valence-electron chi connectivity index (χ3n) is 5.65. The highest BCUT2D eigenvalue weighted by Gasteiger charge is 2.27. The number of ether oxygens (including phenoxy) is 2. The first-order chi connectivity index (χ1) is 17.5. The smallest absolute Gasteiger partial charge is 0.349 e. The monoisotopic (exact) mass is 497 g/mol. The Hall–Kier alpha value is -4.43. The van der Waals surface area contributed by atoms with Crippen molar-refractivity contribution in [3.63, 3.8) is 0 Å². The van der Waals surface area contributed by atoms with Gasteiger partial charge in [-0.1, -0.05) is 54.6 Å². The highest BCUT2D eigenvalue weighted by atomic mass is 32.1. The molecule has 1 unspecified atom stereocenters. The first kappa shape index (κ1) is 23.3. The summed E-state index contributed by atoms with van der Waals surface area (Å²) in [4.78, 5) is 27.8. The number of nitrogens with zero attached hydrogens (tertiary/aromatic N) is 2. The fraction of sp³-hybridized carbons (Fsp3) is 0.107. The summed E-state index contributed by atoms with van der Waals surface area (Å²) in [7, 11) is 1.55. The van der Waals surface area contributed by atoms with E-state index < -0.39 is 18.0 Å². The van der Waals surface area contributed by atoms with Crippen LogP contribution in [-0.4, -0.2) is 28.8 Å². The molecule has 0 bridgehead atoms. The van der Waals surface area contributed by atoms with E-state index in [1.54, 1.807) is 61.7 Å². The summed E-state index contributed by atoms with van der Waals surface area (Å²) in [5, 5.41) is 8.31. The lowest BCUT2D eigenvalue weighted by Crippen LogP contribution is -2.25. The van der Waals surface area contributed by atoms with Gasteiger partial charge in [-0.2, -0.15) is 5.10 Å². The lowest BCUT2D eigenvalue weighted by atomic mass is 10.1. The number of amides is 1. The number of hydrogen-bond donors (Lipinski definition) is 1. The van der Waals surface area contributed by atoms with Gasteiger partial charge in [0.1, 0.15) is 15.5 Å². The summed E-state index contributed by atoms with van der Waals surface area (Å²) >= 11 is 1.28. The molecule has 8 heteroatoms. The molecule has 0 aliphatic rings. The van der Waals surface area contributed by atoms with Crippen LogP contribution in [0.1, 0.15) is 27.0 Å². The fourth-order valence-electron chi connectivity index (χ4n) is 3.87. The van der Waals surface area contributed by atoms with Crippen molar-refractivity contribution in [3.8, 4) is 11.4 Å². The summed E-state index contributed by atoms with van der Waals surface area (Å²) in [5.41, 5.74) is 2.81. The van der Waals surface area contributed by atoms with Crippen molar-refractivity contribution in [3.05, 3.63) is 107 Å². The van der Waals surface area contributed by atoms with Crippen LogP contribution < -0.4 is 10.1 Å². The number of anilines is 1. The summed E-state index contributed by atoms with van der Waals surface area (Å²) in [5.74, 6) is -0.436. The molecule has 0 fully saturated rings. The number of carbonyl (C=O) groups excluding carboxylic acids is 2. The summed E-state index contributed by atoms with van der Waals surface area (Å²) in [6, 6.07) is 27.4. The second kappa shape index (κ2) is 10.1. The van der Waals surface area contributed by atoms with E-state index in [1.165, 1.54) is 11.3 Å². The lowest BCUT2D eigenvalue weighted by molar-refractivity contribution is -0.125. The minimum Gasteiger partial charge on any atom is -0.497 e. The normalized spacial score (nSPS) is 11.7.